The summed E-state index contributed by atoms with van der Waals surface area (Å²) in [5.41, 5.74) is -1.23. The normalized spacial score (nSPS) is 29.4. The number of ether oxygens (including phenoxy) is 1. The van der Waals surface area contributed by atoms with Gasteiger partial charge in [-0.2, -0.15) is 0 Å². The number of pyridine rings is 1. The number of aliphatic hydroxyl groups is 3. The molecule has 1 saturated heterocycles. The first-order chi connectivity index (χ1) is 9.42. The Kier molecular flexibility index (Phi) is 3.92. The number of terminal acetylenes is 1. The first kappa shape index (κ1) is 14.7. The summed E-state index contributed by atoms with van der Waals surface area (Å²) in [7, 11) is 0. The number of nitrogens with one attached hydrogen (secondary N) is 1. The predicted octanol–water partition coefficient (Wildman–Crippen LogP) is -1.04. The zero-order valence-corrected chi connectivity index (χ0v) is 10.6. The highest BCUT2D eigenvalue weighted by atomic mass is 19.1. The molecule has 1 aliphatic heterocycles. The maximum atomic E-state index is 14.2. The van der Waals surface area contributed by atoms with E-state index < -0.39 is 42.4 Å². The van der Waals surface area contributed by atoms with Gasteiger partial charge in [0, 0.05) is 0 Å². The Labute approximate surface area is 113 Å². The predicted molar refractivity (Wildman–Crippen MR) is 66.4 cm³/mol. The maximum Gasteiger partial charge on any atom is 0.254 e. The summed E-state index contributed by atoms with van der Waals surface area (Å²) in [5, 5.41) is 28.6. The van der Waals surface area contributed by atoms with Crippen molar-refractivity contribution >= 4 is 0 Å². The van der Waals surface area contributed by atoms with Crippen molar-refractivity contribution < 1.29 is 24.4 Å². The number of aromatic amines is 1. The van der Waals surface area contributed by atoms with E-state index in [0.717, 1.165) is 0 Å². The molecule has 2 rings (SSSR count). The van der Waals surface area contributed by atoms with Gasteiger partial charge in [-0.25, -0.2) is 4.39 Å². The van der Waals surface area contributed by atoms with Gasteiger partial charge in [-0.1, -0.05) is 5.92 Å². The quantitative estimate of drug-likeness (QED) is 0.519. The van der Waals surface area contributed by atoms with E-state index in [1.165, 1.54) is 6.92 Å². The highest BCUT2D eigenvalue weighted by Crippen LogP contribution is 2.36. The topological polar surface area (TPSA) is 103 Å². The van der Waals surface area contributed by atoms with E-state index >= 15 is 0 Å². The van der Waals surface area contributed by atoms with E-state index in [9.17, 15) is 19.4 Å². The van der Waals surface area contributed by atoms with Gasteiger partial charge in [0.25, 0.3) is 5.56 Å². The summed E-state index contributed by atoms with van der Waals surface area (Å²) in [6, 6.07) is 0. The summed E-state index contributed by atoms with van der Waals surface area (Å²) < 4.78 is 19.5. The van der Waals surface area contributed by atoms with Gasteiger partial charge < -0.3 is 25.0 Å². The molecule has 0 radical (unpaired) electrons. The average Bonchev–Trinajstić information content (AvgIpc) is 2.72. The summed E-state index contributed by atoms with van der Waals surface area (Å²) in [5.74, 6) is 1.23. The van der Waals surface area contributed by atoms with Gasteiger partial charge in [0.1, 0.15) is 35.9 Å². The van der Waals surface area contributed by atoms with Crippen molar-refractivity contribution in [2.45, 2.75) is 31.3 Å². The molecule has 4 atom stereocenters. The number of aliphatic hydroxyl groups excluding tert-OH is 3. The molecule has 4 N–H and O–H groups in total. The maximum absolute atomic E-state index is 14.2. The van der Waals surface area contributed by atoms with Crippen LogP contribution in [0.5, 0.6) is 0 Å². The first-order valence-corrected chi connectivity index (χ1v) is 5.93. The van der Waals surface area contributed by atoms with Gasteiger partial charge in [-0.3, -0.25) is 4.79 Å². The van der Waals surface area contributed by atoms with Crippen LogP contribution in [0.25, 0.3) is 0 Å². The molecule has 20 heavy (non-hydrogen) atoms. The van der Waals surface area contributed by atoms with Crippen molar-refractivity contribution in [2.24, 2.45) is 0 Å². The van der Waals surface area contributed by atoms with E-state index in [0.29, 0.717) is 0 Å². The van der Waals surface area contributed by atoms with Crippen molar-refractivity contribution in [3.63, 3.8) is 0 Å². The minimum Gasteiger partial charge on any atom is -0.394 e. The molecule has 0 spiro atoms. The Morgan fingerprint density at radius 1 is 1.45 bits per heavy atom. The minimum absolute atomic E-state index is 0.159. The van der Waals surface area contributed by atoms with Crippen LogP contribution in [0.3, 0.4) is 0 Å². The SMILES string of the molecule is C#Cc1[nH]c(=O)c(C)c(F)c1[C@@H]1O[C@H](CO)C(O)[C@@H]1O. The van der Waals surface area contributed by atoms with Gasteiger partial charge >= 0.3 is 0 Å². The number of hydrogen-bond donors (Lipinski definition) is 4. The number of halogens is 1. The Balaban J connectivity index is 2.57. The molecule has 0 aliphatic carbocycles. The molecule has 1 aromatic rings. The molecule has 6 nitrogen and oxygen atoms in total. The smallest absolute Gasteiger partial charge is 0.254 e. The van der Waals surface area contributed by atoms with E-state index in [1.807, 2.05) is 0 Å². The largest absolute Gasteiger partial charge is 0.394 e. The highest BCUT2D eigenvalue weighted by Gasteiger charge is 2.45. The van der Waals surface area contributed by atoms with Crippen molar-refractivity contribution in [1.29, 1.82) is 0 Å². The fourth-order valence-electron chi connectivity index (χ4n) is 2.21. The summed E-state index contributed by atoms with van der Waals surface area (Å²) in [6.07, 6.45) is 0.0761. The van der Waals surface area contributed by atoms with Crippen LogP contribution >= 0.6 is 0 Å². The fraction of sp³-hybridized carbons (Fsp3) is 0.462. The molecule has 0 bridgehead atoms. The lowest BCUT2D eigenvalue weighted by molar-refractivity contribution is -0.0239. The van der Waals surface area contributed by atoms with Crippen LogP contribution in [-0.4, -0.2) is 45.2 Å². The number of H-pyrrole nitrogens is 1. The zero-order valence-electron chi connectivity index (χ0n) is 10.6. The Bertz CT molecular complexity index is 620. The van der Waals surface area contributed by atoms with Crippen LogP contribution in [-0.2, 0) is 4.74 Å². The van der Waals surface area contributed by atoms with Crippen LogP contribution < -0.4 is 5.56 Å². The van der Waals surface area contributed by atoms with Crippen LogP contribution in [0.4, 0.5) is 4.39 Å². The Morgan fingerprint density at radius 2 is 2.10 bits per heavy atom. The lowest BCUT2D eigenvalue weighted by atomic mass is 9.98. The third-order valence-corrected chi connectivity index (χ3v) is 3.39. The summed E-state index contributed by atoms with van der Waals surface area (Å²) >= 11 is 0. The molecule has 1 unspecified atom stereocenters. The number of aromatic nitrogens is 1. The number of hydrogen-bond acceptors (Lipinski definition) is 5. The second kappa shape index (κ2) is 5.34. The molecule has 1 aromatic heterocycles. The lowest BCUT2D eigenvalue weighted by Gasteiger charge is -2.18. The molecular weight excluding hydrogens is 269 g/mol. The highest BCUT2D eigenvalue weighted by molar-refractivity contribution is 5.40. The van der Waals surface area contributed by atoms with Gasteiger partial charge in [0.15, 0.2) is 0 Å². The summed E-state index contributed by atoms with van der Waals surface area (Å²) in [6.45, 7) is 0.726. The fourth-order valence-corrected chi connectivity index (χ4v) is 2.21. The van der Waals surface area contributed by atoms with Crippen LogP contribution in [0.1, 0.15) is 22.9 Å². The second-order valence-electron chi connectivity index (χ2n) is 4.59. The molecule has 0 aromatic carbocycles. The monoisotopic (exact) mass is 283 g/mol. The number of rotatable bonds is 2. The second-order valence-corrected chi connectivity index (χ2v) is 4.59. The van der Waals surface area contributed by atoms with Crippen molar-refractivity contribution in [3.8, 4) is 12.3 Å². The van der Waals surface area contributed by atoms with E-state index in [-0.39, 0.29) is 16.8 Å². The van der Waals surface area contributed by atoms with Gasteiger partial charge in [-0.05, 0) is 6.92 Å². The van der Waals surface area contributed by atoms with Crippen LogP contribution in [0, 0.1) is 25.1 Å². The minimum atomic E-state index is -1.46. The molecule has 1 aliphatic rings. The van der Waals surface area contributed by atoms with Crippen molar-refractivity contribution in [2.75, 3.05) is 6.61 Å². The zero-order chi connectivity index (χ0) is 15.0. The standard InChI is InChI=1S/C13H14FNO5/c1-3-6-8(9(14)5(2)13(19)15-6)12-11(18)10(17)7(4-16)20-12/h1,7,10-12,16-18H,4H2,2H3,(H,15,19)/t7-,10?,11+,12+/m1/s1. The third-order valence-electron chi connectivity index (χ3n) is 3.39. The molecular formula is C13H14FNO5. The third kappa shape index (κ3) is 2.13. The van der Waals surface area contributed by atoms with Crippen molar-refractivity contribution in [1.82, 2.24) is 4.98 Å². The van der Waals surface area contributed by atoms with Gasteiger partial charge in [0.05, 0.1) is 17.7 Å². The van der Waals surface area contributed by atoms with E-state index in [1.54, 1.807) is 0 Å². The summed E-state index contributed by atoms with van der Waals surface area (Å²) in [4.78, 5) is 13.8. The van der Waals surface area contributed by atoms with Gasteiger partial charge in [0.2, 0.25) is 0 Å². The Morgan fingerprint density at radius 3 is 2.60 bits per heavy atom. The molecule has 0 amide bonds. The van der Waals surface area contributed by atoms with Crippen LogP contribution in [0.2, 0.25) is 0 Å². The lowest BCUT2D eigenvalue weighted by Crippen LogP contribution is -2.32. The molecule has 7 heteroatoms. The van der Waals surface area contributed by atoms with E-state index in [2.05, 4.69) is 10.9 Å². The molecule has 0 saturated carbocycles. The van der Waals surface area contributed by atoms with Crippen molar-refractivity contribution in [3.05, 3.63) is 33.0 Å². The average molecular weight is 283 g/mol. The van der Waals surface area contributed by atoms with Crippen LogP contribution in [0.15, 0.2) is 4.79 Å². The molecule has 1 fully saturated rings. The first-order valence-electron chi connectivity index (χ1n) is 5.93. The Hall–Kier alpha value is -1.72. The van der Waals surface area contributed by atoms with Gasteiger partial charge in [-0.15, -0.1) is 6.42 Å². The van der Waals surface area contributed by atoms with E-state index in [4.69, 9.17) is 16.3 Å². The molecule has 108 valence electrons. The molecule has 2 heterocycles.